The zero-order valence-corrected chi connectivity index (χ0v) is 16.3. The maximum atomic E-state index is 14.6. The average Bonchev–Trinajstić information content (AvgIpc) is 3.10. The fourth-order valence-corrected chi connectivity index (χ4v) is 2.87. The van der Waals surface area contributed by atoms with Gasteiger partial charge in [0.05, 0.1) is 12.0 Å². The predicted octanol–water partition coefficient (Wildman–Crippen LogP) is 4.52. The van der Waals surface area contributed by atoms with E-state index >= 15 is 0 Å². The molecule has 3 rings (SSSR count). The Morgan fingerprint density at radius 1 is 1.28 bits per heavy atom. The van der Waals surface area contributed by atoms with Gasteiger partial charge in [0.2, 0.25) is 0 Å². The molecule has 29 heavy (non-hydrogen) atoms. The second kappa shape index (κ2) is 8.87. The van der Waals surface area contributed by atoms with Crippen LogP contribution in [-0.2, 0) is 4.74 Å². The van der Waals surface area contributed by atoms with E-state index in [1.165, 1.54) is 13.3 Å². The zero-order valence-electron chi connectivity index (χ0n) is 16.3. The normalized spacial score (nSPS) is 11.1. The van der Waals surface area contributed by atoms with Crippen LogP contribution < -0.4 is 15.4 Å². The molecular weight excluding hydrogens is 382 g/mol. The van der Waals surface area contributed by atoms with Crippen molar-refractivity contribution in [1.82, 2.24) is 15.3 Å². The molecule has 154 valence electrons. The van der Waals surface area contributed by atoms with Crippen molar-refractivity contribution in [1.29, 1.82) is 0 Å². The van der Waals surface area contributed by atoms with Crippen LogP contribution >= 0.6 is 0 Å². The minimum Gasteiger partial charge on any atom is -0.450 e. The Balaban J connectivity index is 1.85. The van der Waals surface area contributed by atoms with Crippen molar-refractivity contribution in [3.63, 3.8) is 0 Å². The summed E-state index contributed by atoms with van der Waals surface area (Å²) >= 11 is 0. The van der Waals surface area contributed by atoms with Crippen LogP contribution in [0.4, 0.5) is 19.3 Å². The van der Waals surface area contributed by atoms with E-state index in [2.05, 4.69) is 20.6 Å². The van der Waals surface area contributed by atoms with E-state index in [-0.39, 0.29) is 23.9 Å². The van der Waals surface area contributed by atoms with Gasteiger partial charge in [-0.2, -0.15) is 0 Å². The summed E-state index contributed by atoms with van der Waals surface area (Å²) in [5, 5.41) is 5.53. The number of carbonyl (C=O) groups excluding carboxylic acids is 1. The van der Waals surface area contributed by atoms with Gasteiger partial charge in [0.15, 0.2) is 17.4 Å². The lowest BCUT2D eigenvalue weighted by Crippen LogP contribution is -2.31. The van der Waals surface area contributed by atoms with Crippen molar-refractivity contribution in [2.75, 3.05) is 25.6 Å². The highest BCUT2D eigenvalue weighted by Crippen LogP contribution is 2.36. The lowest BCUT2D eigenvalue weighted by molar-refractivity contribution is 0.198. The zero-order chi connectivity index (χ0) is 21.0. The number of methoxy groups -OCH3 is 1. The number of benzene rings is 1. The van der Waals surface area contributed by atoms with Crippen LogP contribution in [0.3, 0.4) is 0 Å². The molecule has 0 radical (unpaired) electrons. The number of carbonyl (C=O) groups is 1. The van der Waals surface area contributed by atoms with Crippen LogP contribution in [0, 0.1) is 11.6 Å². The average molecular weight is 404 g/mol. The van der Waals surface area contributed by atoms with Gasteiger partial charge in [0.25, 0.3) is 0 Å². The quantitative estimate of drug-likeness (QED) is 0.505. The first-order valence-corrected chi connectivity index (χ1v) is 9.07. The third-order valence-corrected chi connectivity index (χ3v) is 4.25. The van der Waals surface area contributed by atoms with Crippen LogP contribution in [0.5, 0.6) is 11.5 Å². The molecule has 0 aliphatic heterocycles. The Morgan fingerprint density at radius 3 is 2.66 bits per heavy atom. The van der Waals surface area contributed by atoms with Gasteiger partial charge in [0.1, 0.15) is 11.4 Å². The summed E-state index contributed by atoms with van der Waals surface area (Å²) in [5.41, 5.74) is 1.46. The van der Waals surface area contributed by atoms with E-state index < -0.39 is 23.4 Å². The van der Waals surface area contributed by atoms with Crippen LogP contribution in [0.25, 0.3) is 11.0 Å². The molecule has 0 saturated heterocycles. The van der Waals surface area contributed by atoms with E-state index in [1.54, 1.807) is 12.3 Å². The van der Waals surface area contributed by atoms with Gasteiger partial charge in [0, 0.05) is 43.9 Å². The minimum absolute atomic E-state index is 0.0355. The second-order valence-corrected chi connectivity index (χ2v) is 6.68. The first-order valence-electron chi connectivity index (χ1n) is 9.07. The van der Waals surface area contributed by atoms with Crippen molar-refractivity contribution >= 4 is 22.8 Å². The molecular formula is C20H22F2N4O3. The summed E-state index contributed by atoms with van der Waals surface area (Å²) in [6.07, 6.45) is 3.30. The summed E-state index contributed by atoms with van der Waals surface area (Å²) in [7, 11) is 1.50. The molecule has 0 fully saturated rings. The van der Waals surface area contributed by atoms with E-state index in [1.807, 2.05) is 13.8 Å². The third-order valence-electron chi connectivity index (χ3n) is 4.25. The second-order valence-electron chi connectivity index (χ2n) is 6.68. The van der Waals surface area contributed by atoms with Gasteiger partial charge in [-0.05, 0) is 17.5 Å². The highest BCUT2D eigenvalue weighted by molar-refractivity contribution is 5.89. The Hall–Kier alpha value is -3.20. The summed E-state index contributed by atoms with van der Waals surface area (Å²) < 4.78 is 39.5. The largest absolute Gasteiger partial charge is 0.450 e. The van der Waals surface area contributed by atoms with Crippen molar-refractivity contribution in [3.8, 4) is 11.5 Å². The molecule has 0 atom stereocenters. The Labute approximate surface area is 166 Å². The first kappa shape index (κ1) is 20.5. The molecule has 2 aromatic heterocycles. The number of nitrogens with zero attached hydrogens (tertiary/aromatic N) is 1. The first-order chi connectivity index (χ1) is 13.9. The van der Waals surface area contributed by atoms with E-state index in [0.717, 1.165) is 17.7 Å². The monoisotopic (exact) mass is 404 g/mol. The number of urea groups is 1. The van der Waals surface area contributed by atoms with Gasteiger partial charge < -0.3 is 25.1 Å². The Kier molecular flexibility index (Phi) is 6.28. The number of halogens is 2. The van der Waals surface area contributed by atoms with Crippen molar-refractivity contribution in [2.24, 2.45) is 0 Å². The molecule has 2 heterocycles. The molecule has 0 saturated carbocycles. The molecule has 1 aromatic carbocycles. The van der Waals surface area contributed by atoms with Crippen LogP contribution in [0.1, 0.15) is 25.3 Å². The minimum atomic E-state index is -0.941. The van der Waals surface area contributed by atoms with Crippen LogP contribution in [-0.4, -0.2) is 36.3 Å². The number of amides is 2. The van der Waals surface area contributed by atoms with E-state index in [0.29, 0.717) is 17.6 Å². The molecule has 0 bridgehead atoms. The lowest BCUT2D eigenvalue weighted by Gasteiger charge is -2.13. The number of hydrogen-bond donors (Lipinski definition) is 3. The maximum Gasteiger partial charge on any atom is 0.319 e. The molecule has 9 heteroatoms. The fourth-order valence-electron chi connectivity index (χ4n) is 2.87. The van der Waals surface area contributed by atoms with Crippen molar-refractivity contribution in [3.05, 3.63) is 47.8 Å². The number of H-pyrrole nitrogens is 1. The number of fused-ring (bicyclic) bond motifs is 1. The van der Waals surface area contributed by atoms with Crippen molar-refractivity contribution in [2.45, 2.75) is 19.8 Å². The Bertz CT molecular complexity index is 997. The van der Waals surface area contributed by atoms with Gasteiger partial charge in [-0.1, -0.05) is 13.8 Å². The molecule has 0 unspecified atom stereocenters. The highest BCUT2D eigenvalue weighted by atomic mass is 19.1. The summed E-state index contributed by atoms with van der Waals surface area (Å²) in [6, 6.07) is 2.94. The number of hydrogen-bond acceptors (Lipinski definition) is 4. The molecule has 3 aromatic rings. The molecule has 7 nitrogen and oxygen atoms in total. The number of aromatic amines is 1. The van der Waals surface area contributed by atoms with Crippen molar-refractivity contribution < 1.29 is 23.0 Å². The predicted molar refractivity (Wildman–Crippen MR) is 106 cm³/mol. The number of aromatic nitrogens is 2. The molecule has 0 aliphatic carbocycles. The molecule has 2 amide bonds. The molecule has 3 N–H and O–H groups in total. The van der Waals surface area contributed by atoms with Gasteiger partial charge >= 0.3 is 6.03 Å². The van der Waals surface area contributed by atoms with Crippen LogP contribution in [0.15, 0.2) is 30.6 Å². The fraction of sp³-hybridized carbons (Fsp3) is 0.300. The molecule has 0 aliphatic rings. The van der Waals surface area contributed by atoms with E-state index in [4.69, 9.17) is 9.47 Å². The topological polar surface area (TPSA) is 88.3 Å². The summed E-state index contributed by atoms with van der Waals surface area (Å²) in [4.78, 5) is 19.0. The van der Waals surface area contributed by atoms with Gasteiger partial charge in [-0.15, -0.1) is 0 Å². The third kappa shape index (κ3) is 4.62. The Morgan fingerprint density at radius 2 is 2.00 bits per heavy atom. The van der Waals surface area contributed by atoms with Gasteiger partial charge in [-0.25, -0.2) is 18.6 Å². The standard InChI is InChI=1S/C20H22F2N4O3/c1-11(2)13-10-25-19-17(13)16(4-5-23-19)29-18-14(21)8-12(9-15(18)22)26-20(27)24-6-7-28-3/h4-5,8-11H,6-7H2,1-3H3,(H,23,25)(H2,24,26,27). The smallest absolute Gasteiger partial charge is 0.319 e. The van der Waals surface area contributed by atoms with E-state index in [9.17, 15) is 13.6 Å². The number of pyridine rings is 1. The molecule has 0 spiro atoms. The van der Waals surface area contributed by atoms with Crippen LogP contribution in [0.2, 0.25) is 0 Å². The SMILES string of the molecule is COCCNC(=O)Nc1cc(F)c(Oc2ccnc3[nH]cc(C(C)C)c23)c(F)c1. The van der Waals surface area contributed by atoms with Gasteiger partial charge in [-0.3, -0.25) is 0 Å². The number of anilines is 1. The summed E-state index contributed by atoms with van der Waals surface area (Å²) in [5.74, 6) is -1.99. The number of nitrogens with one attached hydrogen (secondary N) is 3. The highest BCUT2D eigenvalue weighted by Gasteiger charge is 2.19. The number of ether oxygens (including phenoxy) is 2. The summed E-state index contributed by atoms with van der Waals surface area (Å²) in [6.45, 7) is 4.58. The lowest BCUT2D eigenvalue weighted by atomic mass is 10.0. The maximum absolute atomic E-state index is 14.6. The number of rotatable bonds is 7.